The fraction of sp³-hybridized carbons (Fsp3) is 0.667. The summed E-state index contributed by atoms with van der Waals surface area (Å²) in [6, 6.07) is 0.153. The van der Waals surface area contributed by atoms with Gasteiger partial charge in [0, 0.05) is 39.1 Å². The van der Waals surface area contributed by atoms with Crippen LogP contribution in [0.3, 0.4) is 0 Å². The number of aromatic nitrogens is 2. The van der Waals surface area contributed by atoms with E-state index in [1.807, 2.05) is 11.1 Å². The topological polar surface area (TPSA) is 61.5 Å². The largest absolute Gasteiger partial charge is 0.384 e. The number of hydrogen-bond acceptors (Lipinski definition) is 4. The average Bonchev–Trinajstić information content (AvgIpc) is 2.90. The Morgan fingerprint density at radius 2 is 2.44 bits per heavy atom. The number of amides is 1. The van der Waals surface area contributed by atoms with E-state index in [4.69, 9.17) is 4.74 Å². The minimum absolute atomic E-state index is 0.153. The van der Waals surface area contributed by atoms with Gasteiger partial charge in [-0.15, -0.1) is 0 Å². The van der Waals surface area contributed by atoms with Crippen LogP contribution in [0.2, 0.25) is 0 Å². The van der Waals surface area contributed by atoms with E-state index < -0.39 is 0 Å². The maximum Gasteiger partial charge on any atom is 0.224 e. The number of carbonyl (C=O) groups is 1. The lowest BCUT2D eigenvalue weighted by atomic mass is 10.1. The molecule has 0 radical (unpaired) electrons. The molecular weight excluding hydrogens is 232 g/mol. The molecular formula is C12H20N4O2. The van der Waals surface area contributed by atoms with Crippen molar-refractivity contribution in [3.05, 3.63) is 18.2 Å². The van der Waals surface area contributed by atoms with E-state index in [0.29, 0.717) is 19.6 Å². The number of H-pyrrole nitrogens is 1. The highest BCUT2D eigenvalue weighted by Gasteiger charge is 2.29. The van der Waals surface area contributed by atoms with Crippen LogP contribution in [0.4, 0.5) is 0 Å². The molecule has 1 aliphatic heterocycles. The maximum absolute atomic E-state index is 12.0. The summed E-state index contributed by atoms with van der Waals surface area (Å²) in [4.78, 5) is 23.5. The first-order chi connectivity index (χ1) is 8.72. The van der Waals surface area contributed by atoms with Crippen molar-refractivity contribution >= 4 is 5.91 Å². The van der Waals surface area contributed by atoms with Crippen LogP contribution < -0.4 is 0 Å². The Kier molecular flexibility index (Phi) is 4.33. The fourth-order valence-corrected chi connectivity index (χ4v) is 2.20. The Bertz CT molecular complexity index is 379. The summed E-state index contributed by atoms with van der Waals surface area (Å²) in [5.74, 6) is 1.07. The molecule has 1 amide bonds. The molecule has 1 fully saturated rings. The lowest BCUT2D eigenvalue weighted by Crippen LogP contribution is -2.49. The van der Waals surface area contributed by atoms with Gasteiger partial charge in [-0.25, -0.2) is 4.98 Å². The molecule has 1 saturated heterocycles. The second-order valence-corrected chi connectivity index (χ2v) is 4.55. The number of carbonyl (C=O) groups excluding carboxylic acids is 1. The third-order valence-corrected chi connectivity index (χ3v) is 3.36. The van der Waals surface area contributed by atoms with Crippen LogP contribution in [0.1, 0.15) is 18.3 Å². The Labute approximate surface area is 107 Å². The van der Waals surface area contributed by atoms with E-state index in [2.05, 4.69) is 21.9 Å². The van der Waals surface area contributed by atoms with E-state index in [0.717, 1.165) is 18.9 Å². The minimum atomic E-state index is 0.153. The van der Waals surface area contributed by atoms with Gasteiger partial charge in [-0.2, -0.15) is 0 Å². The summed E-state index contributed by atoms with van der Waals surface area (Å²) in [5, 5.41) is 0. The highest BCUT2D eigenvalue weighted by atomic mass is 16.5. The predicted molar refractivity (Wildman–Crippen MR) is 67.0 cm³/mol. The second kappa shape index (κ2) is 5.97. The zero-order valence-corrected chi connectivity index (χ0v) is 10.9. The predicted octanol–water partition coefficient (Wildman–Crippen LogP) is 0.261. The molecule has 1 aliphatic rings. The molecule has 1 unspecified atom stereocenters. The van der Waals surface area contributed by atoms with Crippen LogP contribution in [0, 0.1) is 0 Å². The first kappa shape index (κ1) is 13.0. The first-order valence-corrected chi connectivity index (χ1v) is 6.18. The van der Waals surface area contributed by atoms with Crippen molar-refractivity contribution in [2.45, 2.75) is 12.5 Å². The lowest BCUT2D eigenvalue weighted by Gasteiger charge is -2.38. The van der Waals surface area contributed by atoms with Crippen LogP contribution in [0.25, 0.3) is 0 Å². The van der Waals surface area contributed by atoms with Crippen LogP contribution in [-0.4, -0.2) is 66.1 Å². The molecule has 18 heavy (non-hydrogen) atoms. The van der Waals surface area contributed by atoms with Crippen molar-refractivity contribution in [3.63, 3.8) is 0 Å². The number of imidazole rings is 1. The van der Waals surface area contributed by atoms with Gasteiger partial charge in [-0.1, -0.05) is 0 Å². The van der Waals surface area contributed by atoms with Gasteiger partial charge in [-0.3, -0.25) is 9.69 Å². The van der Waals surface area contributed by atoms with E-state index in [9.17, 15) is 4.79 Å². The standard InChI is InChI=1S/C12H20N4O2/c1-15-6-7-16(11(17)3-8-18-2)9-10(15)12-13-4-5-14-12/h4-5,10H,3,6-9H2,1-2H3,(H,13,14). The summed E-state index contributed by atoms with van der Waals surface area (Å²) in [7, 11) is 3.67. The Balaban J connectivity index is 1.98. The highest BCUT2D eigenvalue weighted by Crippen LogP contribution is 2.21. The molecule has 100 valence electrons. The summed E-state index contributed by atoms with van der Waals surface area (Å²) in [6.45, 7) is 2.81. The van der Waals surface area contributed by atoms with E-state index in [1.165, 1.54) is 0 Å². The number of nitrogens with one attached hydrogen (secondary N) is 1. The molecule has 1 N–H and O–H groups in total. The third kappa shape index (κ3) is 2.88. The zero-order valence-electron chi connectivity index (χ0n) is 10.9. The van der Waals surface area contributed by atoms with E-state index in [-0.39, 0.29) is 11.9 Å². The molecule has 6 nitrogen and oxygen atoms in total. The van der Waals surface area contributed by atoms with Crippen molar-refractivity contribution in [2.24, 2.45) is 0 Å². The van der Waals surface area contributed by atoms with E-state index >= 15 is 0 Å². The van der Waals surface area contributed by atoms with Gasteiger partial charge >= 0.3 is 0 Å². The van der Waals surface area contributed by atoms with Gasteiger partial charge in [0.2, 0.25) is 5.91 Å². The van der Waals surface area contributed by atoms with Crippen molar-refractivity contribution in [3.8, 4) is 0 Å². The van der Waals surface area contributed by atoms with Crippen molar-refractivity contribution in [2.75, 3.05) is 40.4 Å². The highest BCUT2D eigenvalue weighted by molar-refractivity contribution is 5.76. The first-order valence-electron chi connectivity index (χ1n) is 6.18. The molecule has 2 heterocycles. The van der Waals surface area contributed by atoms with Crippen molar-refractivity contribution in [1.82, 2.24) is 19.8 Å². The number of methoxy groups -OCH3 is 1. The monoisotopic (exact) mass is 252 g/mol. The minimum Gasteiger partial charge on any atom is -0.384 e. The summed E-state index contributed by atoms with van der Waals surface area (Å²) in [5.41, 5.74) is 0. The molecule has 0 spiro atoms. The molecule has 6 heteroatoms. The van der Waals surface area contributed by atoms with Crippen LogP contribution in [-0.2, 0) is 9.53 Å². The number of hydrogen-bond donors (Lipinski definition) is 1. The van der Waals surface area contributed by atoms with Gasteiger partial charge in [0.1, 0.15) is 5.82 Å². The molecule has 2 rings (SSSR count). The summed E-state index contributed by atoms with van der Waals surface area (Å²) in [6.07, 6.45) is 4.01. The molecule has 1 aromatic rings. The number of rotatable bonds is 4. The molecule has 0 aliphatic carbocycles. The van der Waals surface area contributed by atoms with Crippen LogP contribution in [0.5, 0.6) is 0 Å². The van der Waals surface area contributed by atoms with Crippen molar-refractivity contribution in [1.29, 1.82) is 0 Å². The lowest BCUT2D eigenvalue weighted by molar-refractivity contribution is -0.135. The third-order valence-electron chi connectivity index (χ3n) is 3.36. The molecule has 1 aromatic heterocycles. The Hall–Kier alpha value is -1.40. The summed E-state index contributed by atoms with van der Waals surface area (Å²) >= 11 is 0. The van der Waals surface area contributed by atoms with Gasteiger partial charge in [0.15, 0.2) is 0 Å². The molecule has 0 saturated carbocycles. The number of nitrogens with zero attached hydrogens (tertiary/aromatic N) is 3. The molecule has 1 atom stereocenters. The number of piperazine rings is 1. The average molecular weight is 252 g/mol. The summed E-state index contributed by atoms with van der Waals surface area (Å²) < 4.78 is 4.95. The van der Waals surface area contributed by atoms with E-state index in [1.54, 1.807) is 13.3 Å². The van der Waals surface area contributed by atoms with Gasteiger partial charge in [-0.05, 0) is 7.05 Å². The zero-order chi connectivity index (χ0) is 13.0. The normalized spacial score (nSPS) is 21.2. The van der Waals surface area contributed by atoms with Crippen LogP contribution in [0.15, 0.2) is 12.4 Å². The smallest absolute Gasteiger partial charge is 0.224 e. The Morgan fingerprint density at radius 1 is 1.61 bits per heavy atom. The number of ether oxygens (including phenoxy) is 1. The SMILES string of the molecule is COCCC(=O)N1CCN(C)C(c2ncc[nH]2)C1. The number of aromatic amines is 1. The van der Waals surface area contributed by atoms with Crippen LogP contribution >= 0.6 is 0 Å². The quantitative estimate of drug-likeness (QED) is 0.835. The van der Waals surface area contributed by atoms with Gasteiger partial charge in [0.05, 0.1) is 19.1 Å². The molecule has 0 bridgehead atoms. The van der Waals surface area contributed by atoms with Crippen molar-refractivity contribution < 1.29 is 9.53 Å². The second-order valence-electron chi connectivity index (χ2n) is 4.55. The molecule has 0 aromatic carbocycles. The fourth-order valence-electron chi connectivity index (χ4n) is 2.20. The van der Waals surface area contributed by atoms with Gasteiger partial charge < -0.3 is 14.6 Å². The van der Waals surface area contributed by atoms with Gasteiger partial charge in [0.25, 0.3) is 0 Å². The number of likely N-dealkylation sites (N-methyl/N-ethyl adjacent to an activating group) is 1. The maximum atomic E-state index is 12.0. The Morgan fingerprint density at radius 3 is 3.11 bits per heavy atom.